The average Bonchev–Trinajstić information content (AvgIpc) is 2.29. The van der Waals surface area contributed by atoms with Gasteiger partial charge in [0, 0.05) is 16.8 Å². The van der Waals surface area contributed by atoms with Crippen LogP contribution in [0.5, 0.6) is 0 Å². The Bertz CT molecular complexity index is 443. The average molecular weight is 316 g/mol. The molecule has 0 saturated carbocycles. The molecule has 1 aromatic carbocycles. The summed E-state index contributed by atoms with van der Waals surface area (Å²) in [5.41, 5.74) is 0.997. The zero-order chi connectivity index (χ0) is 12.7. The van der Waals surface area contributed by atoms with Gasteiger partial charge in [-0.15, -0.1) is 11.6 Å². The number of anilines is 1. The first-order valence-electron chi connectivity index (χ1n) is 5.23. The van der Waals surface area contributed by atoms with Crippen molar-refractivity contribution in [1.82, 2.24) is 0 Å². The van der Waals surface area contributed by atoms with Crippen LogP contribution < -0.4 is 5.32 Å². The number of alkyl halides is 1. The highest BCUT2D eigenvalue weighted by atomic mass is 79.9. The van der Waals surface area contributed by atoms with E-state index in [9.17, 15) is 4.79 Å². The summed E-state index contributed by atoms with van der Waals surface area (Å²) in [5, 5.41) is 11.6. The first-order chi connectivity index (χ1) is 8.17. The second kappa shape index (κ2) is 7.31. The largest absolute Gasteiger partial charge is 0.325 e. The first kappa shape index (κ1) is 14.0. The number of benzene rings is 1. The summed E-state index contributed by atoms with van der Waals surface area (Å²) in [6.07, 6.45) is 1.99. The van der Waals surface area contributed by atoms with Crippen molar-refractivity contribution in [3.05, 3.63) is 28.2 Å². The Labute approximate surface area is 114 Å². The van der Waals surface area contributed by atoms with E-state index in [1.165, 1.54) is 0 Å². The van der Waals surface area contributed by atoms with Crippen molar-refractivity contribution in [3.63, 3.8) is 0 Å². The van der Waals surface area contributed by atoms with E-state index in [0.717, 1.165) is 17.3 Å². The summed E-state index contributed by atoms with van der Waals surface area (Å²) in [4.78, 5) is 11.6. The van der Waals surface area contributed by atoms with Gasteiger partial charge in [-0.25, -0.2) is 0 Å². The number of nitrogens with zero attached hydrogens (tertiary/aromatic N) is 1. The van der Waals surface area contributed by atoms with Crippen molar-refractivity contribution >= 4 is 39.1 Å². The van der Waals surface area contributed by atoms with Gasteiger partial charge in [0.2, 0.25) is 5.91 Å². The van der Waals surface area contributed by atoms with E-state index < -0.39 is 0 Å². The molecular formula is C12H12BrClN2O. The van der Waals surface area contributed by atoms with Gasteiger partial charge in [0.25, 0.3) is 0 Å². The van der Waals surface area contributed by atoms with Crippen LogP contribution in [-0.2, 0) is 4.79 Å². The number of amides is 1. The third-order valence-corrected chi connectivity index (χ3v) is 2.92. The number of hydrogen-bond donors (Lipinski definition) is 1. The first-order valence-corrected chi connectivity index (χ1v) is 6.55. The summed E-state index contributed by atoms with van der Waals surface area (Å²) in [7, 11) is 0. The molecule has 0 atom stereocenters. The third-order valence-electron chi connectivity index (χ3n) is 2.16. The normalized spacial score (nSPS) is 9.71. The molecule has 0 radical (unpaired) electrons. The van der Waals surface area contributed by atoms with Gasteiger partial charge in [-0.1, -0.05) is 15.9 Å². The Balaban J connectivity index is 2.64. The van der Waals surface area contributed by atoms with Crippen LogP contribution in [0.1, 0.15) is 24.8 Å². The van der Waals surface area contributed by atoms with Crippen molar-refractivity contribution < 1.29 is 4.79 Å². The van der Waals surface area contributed by atoms with E-state index in [1.807, 2.05) is 6.07 Å². The lowest BCUT2D eigenvalue weighted by atomic mass is 10.2. The molecule has 0 aromatic heterocycles. The lowest BCUT2D eigenvalue weighted by Gasteiger charge is -2.07. The molecule has 17 heavy (non-hydrogen) atoms. The van der Waals surface area contributed by atoms with E-state index in [1.54, 1.807) is 18.2 Å². The standard InChI is InChI=1S/C12H12BrClN2O/c13-10-5-4-9(8-15)11(7-10)16-12(17)3-1-2-6-14/h4-5,7H,1-3,6H2,(H,16,17). The van der Waals surface area contributed by atoms with Crippen LogP contribution in [0.4, 0.5) is 5.69 Å². The maximum atomic E-state index is 11.6. The minimum atomic E-state index is -0.0929. The van der Waals surface area contributed by atoms with Crippen molar-refractivity contribution in [2.45, 2.75) is 19.3 Å². The van der Waals surface area contributed by atoms with Gasteiger partial charge in [0.15, 0.2) is 0 Å². The molecule has 1 amide bonds. The Kier molecular flexibility index (Phi) is 6.03. The number of carbonyl (C=O) groups is 1. The van der Waals surface area contributed by atoms with E-state index in [4.69, 9.17) is 16.9 Å². The molecule has 0 spiro atoms. The molecule has 0 saturated heterocycles. The molecule has 0 fully saturated rings. The van der Waals surface area contributed by atoms with Gasteiger partial charge in [-0.05, 0) is 31.0 Å². The molecule has 0 bridgehead atoms. The van der Waals surface area contributed by atoms with Crippen LogP contribution in [0.3, 0.4) is 0 Å². The summed E-state index contributed by atoms with van der Waals surface area (Å²) in [5.74, 6) is 0.470. The lowest BCUT2D eigenvalue weighted by Crippen LogP contribution is -2.12. The summed E-state index contributed by atoms with van der Waals surface area (Å²) < 4.78 is 0.826. The van der Waals surface area contributed by atoms with Gasteiger partial charge < -0.3 is 5.32 Å². The smallest absolute Gasteiger partial charge is 0.224 e. The number of nitrogens with one attached hydrogen (secondary N) is 1. The Morgan fingerprint density at radius 3 is 2.88 bits per heavy atom. The van der Waals surface area contributed by atoms with E-state index in [-0.39, 0.29) is 5.91 Å². The van der Waals surface area contributed by atoms with Gasteiger partial charge >= 0.3 is 0 Å². The molecule has 1 rings (SSSR count). The fraction of sp³-hybridized carbons (Fsp3) is 0.333. The minimum absolute atomic E-state index is 0.0929. The van der Waals surface area contributed by atoms with Crippen LogP contribution in [0.2, 0.25) is 0 Å². The molecule has 0 aliphatic rings. The predicted octanol–water partition coefficient (Wildman–Crippen LogP) is 3.67. The van der Waals surface area contributed by atoms with E-state index >= 15 is 0 Å². The third kappa shape index (κ3) is 4.76. The maximum absolute atomic E-state index is 11.6. The Morgan fingerprint density at radius 2 is 2.24 bits per heavy atom. The van der Waals surface area contributed by atoms with Crippen molar-refractivity contribution in [2.24, 2.45) is 0 Å². The number of halogens is 2. The van der Waals surface area contributed by atoms with E-state index in [2.05, 4.69) is 21.2 Å². The Hall–Kier alpha value is -1.05. The molecule has 1 aromatic rings. The molecule has 0 unspecified atom stereocenters. The van der Waals surface area contributed by atoms with Gasteiger partial charge in [-0.3, -0.25) is 4.79 Å². The second-order valence-electron chi connectivity index (χ2n) is 3.50. The molecule has 3 nitrogen and oxygen atoms in total. The number of carbonyl (C=O) groups excluding carboxylic acids is 1. The topological polar surface area (TPSA) is 52.9 Å². The number of nitriles is 1. The van der Waals surface area contributed by atoms with Gasteiger partial charge in [0.1, 0.15) is 6.07 Å². The molecule has 0 heterocycles. The zero-order valence-electron chi connectivity index (χ0n) is 9.17. The van der Waals surface area contributed by atoms with Crippen molar-refractivity contribution in [3.8, 4) is 6.07 Å². The summed E-state index contributed by atoms with van der Waals surface area (Å²) in [6.45, 7) is 0. The summed E-state index contributed by atoms with van der Waals surface area (Å²) >= 11 is 8.83. The quantitative estimate of drug-likeness (QED) is 0.666. The van der Waals surface area contributed by atoms with E-state index in [0.29, 0.717) is 23.6 Å². The van der Waals surface area contributed by atoms with Gasteiger partial charge in [-0.2, -0.15) is 5.26 Å². The van der Waals surface area contributed by atoms with Crippen LogP contribution in [-0.4, -0.2) is 11.8 Å². The SMILES string of the molecule is N#Cc1ccc(Br)cc1NC(=O)CCCCCl. The highest BCUT2D eigenvalue weighted by molar-refractivity contribution is 9.10. The zero-order valence-corrected chi connectivity index (χ0v) is 11.5. The predicted molar refractivity (Wildman–Crippen MR) is 72.1 cm³/mol. The van der Waals surface area contributed by atoms with Crippen molar-refractivity contribution in [2.75, 3.05) is 11.2 Å². The van der Waals surface area contributed by atoms with Crippen molar-refractivity contribution in [1.29, 1.82) is 5.26 Å². The highest BCUT2D eigenvalue weighted by Crippen LogP contribution is 2.21. The fourth-order valence-corrected chi connectivity index (χ4v) is 1.86. The monoisotopic (exact) mass is 314 g/mol. The van der Waals surface area contributed by atoms with Crippen LogP contribution >= 0.6 is 27.5 Å². The molecule has 90 valence electrons. The van der Waals surface area contributed by atoms with Crippen LogP contribution in [0, 0.1) is 11.3 Å². The maximum Gasteiger partial charge on any atom is 0.224 e. The minimum Gasteiger partial charge on any atom is -0.325 e. The van der Waals surface area contributed by atoms with Crippen LogP contribution in [0.15, 0.2) is 22.7 Å². The van der Waals surface area contributed by atoms with Gasteiger partial charge in [0.05, 0.1) is 11.3 Å². The molecule has 0 aliphatic carbocycles. The molecule has 5 heteroatoms. The number of unbranched alkanes of at least 4 members (excludes halogenated alkanes) is 1. The summed E-state index contributed by atoms with van der Waals surface area (Å²) in [6, 6.07) is 7.19. The Morgan fingerprint density at radius 1 is 1.47 bits per heavy atom. The highest BCUT2D eigenvalue weighted by Gasteiger charge is 2.07. The number of hydrogen-bond acceptors (Lipinski definition) is 2. The molecule has 0 aliphatic heterocycles. The van der Waals surface area contributed by atoms with Crippen LogP contribution in [0.25, 0.3) is 0 Å². The second-order valence-corrected chi connectivity index (χ2v) is 4.79. The molecule has 1 N–H and O–H groups in total. The lowest BCUT2D eigenvalue weighted by molar-refractivity contribution is -0.116. The number of rotatable bonds is 5. The fourth-order valence-electron chi connectivity index (χ4n) is 1.31. The molecular weight excluding hydrogens is 304 g/mol.